The third kappa shape index (κ3) is 4.35. The van der Waals surface area contributed by atoms with E-state index in [-0.39, 0.29) is 18.4 Å². The van der Waals surface area contributed by atoms with Gasteiger partial charge in [0, 0.05) is 36.8 Å². The van der Waals surface area contributed by atoms with Crippen LogP contribution in [0.4, 0.5) is 0 Å². The number of nitrogens with zero attached hydrogens (tertiary/aromatic N) is 3. The Kier molecular flexibility index (Phi) is 6.34. The molecule has 1 aromatic heterocycles. The van der Waals surface area contributed by atoms with E-state index in [1.165, 1.54) is 11.8 Å². The lowest BCUT2D eigenvalue weighted by atomic mass is 9.89. The highest BCUT2D eigenvalue weighted by Gasteiger charge is 2.40. The number of aliphatic carboxylic acids is 1. The second-order valence-electron chi connectivity index (χ2n) is 7.12. The molecule has 28 heavy (non-hydrogen) atoms. The number of hydrogen-bond acceptors (Lipinski definition) is 5. The van der Waals surface area contributed by atoms with E-state index in [1.54, 1.807) is 4.90 Å². The molecule has 0 bridgehead atoms. The van der Waals surface area contributed by atoms with E-state index in [9.17, 15) is 14.7 Å². The summed E-state index contributed by atoms with van der Waals surface area (Å²) in [6.07, 6.45) is 2.83. The lowest BCUT2D eigenvalue weighted by Gasteiger charge is -2.17. The minimum Gasteiger partial charge on any atom is -0.481 e. The van der Waals surface area contributed by atoms with Gasteiger partial charge in [0.2, 0.25) is 5.91 Å². The Balaban J connectivity index is 1.69. The van der Waals surface area contributed by atoms with Crippen molar-refractivity contribution in [3.8, 4) is 0 Å². The number of amides is 1. The maximum absolute atomic E-state index is 12.8. The van der Waals surface area contributed by atoms with Crippen LogP contribution < -0.4 is 0 Å². The minimum atomic E-state index is -0.850. The Morgan fingerprint density at radius 2 is 1.79 bits per heavy atom. The molecule has 2 aromatic rings. The van der Waals surface area contributed by atoms with E-state index in [0.717, 1.165) is 27.7 Å². The van der Waals surface area contributed by atoms with Crippen molar-refractivity contribution in [2.24, 2.45) is 5.92 Å². The van der Waals surface area contributed by atoms with Crippen LogP contribution >= 0.6 is 11.8 Å². The molecule has 1 fully saturated rings. The molecule has 3 rings (SSSR count). The van der Waals surface area contributed by atoms with Crippen molar-refractivity contribution in [2.75, 3.05) is 19.3 Å². The summed E-state index contributed by atoms with van der Waals surface area (Å²) in [5, 5.41) is 10.4. The second-order valence-corrected chi connectivity index (χ2v) is 7.89. The Hall–Kier alpha value is -2.41. The topological polar surface area (TPSA) is 83.4 Å². The zero-order chi connectivity index (χ0) is 20.3. The first-order chi connectivity index (χ1) is 13.4. The maximum atomic E-state index is 12.8. The number of hydrogen-bond donors (Lipinski definition) is 1. The average molecular weight is 400 g/mol. The molecule has 0 aliphatic carbocycles. The number of carboxylic acid groups (broad SMARTS) is 1. The molecule has 0 radical (unpaired) electrons. The number of aryl methyl sites for hydroxylation is 2. The molecule has 148 valence electrons. The van der Waals surface area contributed by atoms with E-state index < -0.39 is 11.9 Å². The summed E-state index contributed by atoms with van der Waals surface area (Å²) < 4.78 is 0. The van der Waals surface area contributed by atoms with Crippen molar-refractivity contribution >= 4 is 23.6 Å². The van der Waals surface area contributed by atoms with Gasteiger partial charge in [0.1, 0.15) is 0 Å². The zero-order valence-corrected chi connectivity index (χ0v) is 17.2. The fourth-order valence-electron chi connectivity index (χ4n) is 3.85. The maximum Gasteiger partial charge on any atom is 0.308 e. The number of rotatable bonds is 6. The van der Waals surface area contributed by atoms with Crippen molar-refractivity contribution in [1.29, 1.82) is 0 Å². The van der Waals surface area contributed by atoms with Crippen molar-refractivity contribution in [2.45, 2.75) is 37.8 Å². The standard InChI is InChI=1S/C21H25N3O3S/c1-13-16(14(2)23-21(22-13)28-3)9-10-19(25)24-11-17(18(12-24)20(26)27)15-7-5-4-6-8-15/h4-8,17-18H,9-12H2,1-3H3,(H,26,27). The number of benzene rings is 1. The second kappa shape index (κ2) is 8.73. The van der Waals surface area contributed by atoms with Gasteiger partial charge in [-0.15, -0.1) is 0 Å². The summed E-state index contributed by atoms with van der Waals surface area (Å²) in [6.45, 7) is 4.58. The molecular formula is C21H25N3O3S. The van der Waals surface area contributed by atoms with E-state index in [0.29, 0.717) is 19.4 Å². The van der Waals surface area contributed by atoms with Crippen molar-refractivity contribution < 1.29 is 14.7 Å². The molecule has 1 N–H and O–H groups in total. The third-order valence-electron chi connectivity index (χ3n) is 5.39. The highest BCUT2D eigenvalue weighted by atomic mass is 32.2. The van der Waals surface area contributed by atoms with E-state index in [1.807, 2.05) is 50.4 Å². The number of aromatic nitrogens is 2. The Morgan fingerprint density at radius 1 is 1.14 bits per heavy atom. The molecule has 6 nitrogen and oxygen atoms in total. The monoisotopic (exact) mass is 399 g/mol. The molecule has 0 spiro atoms. The van der Waals surface area contributed by atoms with Crippen LogP contribution in [0.5, 0.6) is 0 Å². The van der Waals surface area contributed by atoms with Crippen LogP contribution in [-0.2, 0) is 16.0 Å². The highest BCUT2D eigenvalue weighted by Crippen LogP contribution is 2.33. The van der Waals surface area contributed by atoms with Gasteiger partial charge in [0.05, 0.1) is 5.92 Å². The van der Waals surface area contributed by atoms with Crippen LogP contribution in [0.15, 0.2) is 35.5 Å². The predicted octanol–water partition coefficient (Wildman–Crippen LogP) is 3.07. The third-order valence-corrected chi connectivity index (χ3v) is 5.94. The Bertz CT molecular complexity index is 849. The first-order valence-corrected chi connectivity index (χ1v) is 10.6. The molecule has 2 atom stereocenters. The normalized spacial score (nSPS) is 19.0. The molecule has 1 amide bonds. The Morgan fingerprint density at radius 3 is 2.36 bits per heavy atom. The van der Waals surface area contributed by atoms with Gasteiger partial charge in [0.15, 0.2) is 5.16 Å². The average Bonchev–Trinajstić information content (AvgIpc) is 3.13. The van der Waals surface area contributed by atoms with Gasteiger partial charge in [0.25, 0.3) is 0 Å². The molecule has 7 heteroatoms. The van der Waals surface area contributed by atoms with Crippen molar-refractivity contribution in [3.05, 3.63) is 52.8 Å². The first kappa shape index (κ1) is 20.3. The van der Waals surface area contributed by atoms with Crippen LogP contribution in [0.1, 0.15) is 34.9 Å². The molecule has 0 saturated carbocycles. The summed E-state index contributed by atoms with van der Waals surface area (Å²) in [6, 6.07) is 9.59. The van der Waals surface area contributed by atoms with Crippen LogP contribution in [0, 0.1) is 19.8 Å². The largest absolute Gasteiger partial charge is 0.481 e. The van der Waals surface area contributed by atoms with Gasteiger partial charge in [-0.3, -0.25) is 9.59 Å². The van der Waals surface area contributed by atoms with Gasteiger partial charge in [-0.05, 0) is 37.7 Å². The smallest absolute Gasteiger partial charge is 0.308 e. The van der Waals surface area contributed by atoms with Crippen LogP contribution in [-0.4, -0.2) is 51.2 Å². The molecule has 1 aliphatic heterocycles. The molecule has 2 unspecified atom stereocenters. The Labute approximate surface area is 169 Å². The summed E-state index contributed by atoms with van der Waals surface area (Å²) >= 11 is 1.50. The fraction of sp³-hybridized carbons (Fsp3) is 0.429. The molecular weight excluding hydrogens is 374 g/mol. The first-order valence-electron chi connectivity index (χ1n) is 9.34. The lowest BCUT2D eigenvalue weighted by molar-refractivity contribution is -0.141. The SMILES string of the molecule is CSc1nc(C)c(CCC(=O)N2CC(C(=O)O)C(c3ccccc3)C2)c(C)n1. The number of likely N-dealkylation sites (tertiary alicyclic amines) is 1. The van der Waals surface area contributed by atoms with Crippen LogP contribution in [0.2, 0.25) is 0 Å². The summed E-state index contributed by atoms with van der Waals surface area (Å²) in [4.78, 5) is 35.1. The van der Waals surface area contributed by atoms with E-state index >= 15 is 0 Å². The molecule has 2 heterocycles. The summed E-state index contributed by atoms with van der Waals surface area (Å²) in [5.74, 6) is -1.61. The summed E-state index contributed by atoms with van der Waals surface area (Å²) in [5.41, 5.74) is 3.77. The van der Waals surface area contributed by atoms with Gasteiger partial charge in [-0.1, -0.05) is 42.1 Å². The number of carbonyl (C=O) groups excluding carboxylic acids is 1. The number of carbonyl (C=O) groups is 2. The quantitative estimate of drug-likeness (QED) is 0.594. The molecule has 1 aromatic carbocycles. The van der Waals surface area contributed by atoms with Crippen molar-refractivity contribution in [3.63, 3.8) is 0 Å². The minimum absolute atomic E-state index is 0.0163. The lowest BCUT2D eigenvalue weighted by Crippen LogP contribution is -2.30. The fourth-order valence-corrected chi connectivity index (χ4v) is 4.30. The zero-order valence-electron chi connectivity index (χ0n) is 16.4. The van der Waals surface area contributed by atoms with Gasteiger partial charge < -0.3 is 10.0 Å². The number of thioether (sulfide) groups is 1. The van der Waals surface area contributed by atoms with Crippen LogP contribution in [0.25, 0.3) is 0 Å². The molecule has 1 aliphatic rings. The van der Waals surface area contributed by atoms with Crippen molar-refractivity contribution in [1.82, 2.24) is 14.9 Å². The summed E-state index contributed by atoms with van der Waals surface area (Å²) in [7, 11) is 0. The van der Waals surface area contributed by atoms with Gasteiger partial charge in [-0.2, -0.15) is 0 Å². The van der Waals surface area contributed by atoms with Crippen LogP contribution in [0.3, 0.4) is 0 Å². The van der Waals surface area contributed by atoms with Gasteiger partial charge >= 0.3 is 5.97 Å². The highest BCUT2D eigenvalue weighted by molar-refractivity contribution is 7.98. The van der Waals surface area contributed by atoms with Gasteiger partial charge in [-0.25, -0.2) is 9.97 Å². The number of carboxylic acids is 1. The van der Waals surface area contributed by atoms with E-state index in [2.05, 4.69) is 9.97 Å². The van der Waals surface area contributed by atoms with E-state index in [4.69, 9.17) is 0 Å². The molecule has 1 saturated heterocycles. The predicted molar refractivity (Wildman–Crippen MR) is 108 cm³/mol.